The Morgan fingerprint density at radius 3 is 2.46 bits per heavy atom. The standard InChI is InChI=1S/C29H23F2N3O2S/c1-3-24-27-22(15-25(32-24)28(35)33-37-29(36)20-6-4-5-7-23(20)31)21-14-17(2)8-13-26(21)34(27)16-18-9-11-19(30)12-10-18/h4-15H,3,16H2,1-2H3,(H,33,35). The maximum atomic E-state index is 13.9. The molecule has 1 N–H and O–H groups in total. The van der Waals surface area contributed by atoms with Gasteiger partial charge in [-0.3, -0.25) is 14.3 Å². The van der Waals surface area contributed by atoms with Crippen LogP contribution in [0.3, 0.4) is 0 Å². The molecule has 5 aromatic rings. The number of carbonyl (C=O) groups is 2. The van der Waals surface area contributed by atoms with Crippen LogP contribution in [0, 0.1) is 18.6 Å². The molecule has 5 nitrogen and oxygen atoms in total. The van der Waals surface area contributed by atoms with E-state index in [-0.39, 0.29) is 17.1 Å². The summed E-state index contributed by atoms with van der Waals surface area (Å²) >= 11 is 0.525. The van der Waals surface area contributed by atoms with Gasteiger partial charge < -0.3 is 4.57 Å². The predicted octanol–water partition coefficient (Wildman–Crippen LogP) is 6.61. The van der Waals surface area contributed by atoms with Crippen LogP contribution in [0.5, 0.6) is 0 Å². The summed E-state index contributed by atoms with van der Waals surface area (Å²) < 4.78 is 32.1. The minimum atomic E-state index is -0.647. The van der Waals surface area contributed by atoms with Crippen molar-refractivity contribution in [3.8, 4) is 0 Å². The monoisotopic (exact) mass is 515 g/mol. The fourth-order valence-electron chi connectivity index (χ4n) is 4.45. The molecular weight excluding hydrogens is 492 g/mol. The summed E-state index contributed by atoms with van der Waals surface area (Å²) in [4.78, 5) is 30.1. The van der Waals surface area contributed by atoms with Crippen LogP contribution in [-0.2, 0) is 13.0 Å². The molecule has 3 aromatic carbocycles. The lowest BCUT2D eigenvalue weighted by molar-refractivity contribution is 0.0973. The average Bonchev–Trinajstić information content (AvgIpc) is 3.20. The van der Waals surface area contributed by atoms with E-state index in [1.165, 1.54) is 30.3 Å². The quantitative estimate of drug-likeness (QED) is 0.268. The smallest absolute Gasteiger partial charge is 0.280 e. The van der Waals surface area contributed by atoms with E-state index in [9.17, 15) is 18.4 Å². The van der Waals surface area contributed by atoms with Gasteiger partial charge in [0.25, 0.3) is 5.91 Å². The van der Waals surface area contributed by atoms with E-state index >= 15 is 0 Å². The molecule has 2 heterocycles. The molecule has 0 aliphatic carbocycles. The lowest BCUT2D eigenvalue weighted by Gasteiger charge is -2.11. The second kappa shape index (κ2) is 10.1. The number of aryl methyl sites for hydroxylation is 2. The SMILES string of the molecule is CCc1nc(C(=O)NSC(=O)c2ccccc2F)cc2c3cc(C)ccc3n(Cc3ccc(F)cc3)c12. The third-order valence-corrected chi connectivity index (χ3v) is 6.91. The fourth-order valence-corrected chi connectivity index (χ4v) is 5.01. The summed E-state index contributed by atoms with van der Waals surface area (Å²) in [7, 11) is 0. The first kappa shape index (κ1) is 24.6. The average molecular weight is 516 g/mol. The van der Waals surface area contributed by atoms with Gasteiger partial charge in [0, 0.05) is 34.8 Å². The zero-order chi connectivity index (χ0) is 26.1. The highest BCUT2D eigenvalue weighted by atomic mass is 32.2. The number of hydrogen-bond acceptors (Lipinski definition) is 4. The predicted molar refractivity (Wildman–Crippen MR) is 143 cm³/mol. The largest absolute Gasteiger partial charge is 0.334 e. The van der Waals surface area contributed by atoms with Gasteiger partial charge in [-0.2, -0.15) is 0 Å². The molecule has 0 saturated carbocycles. The third-order valence-electron chi connectivity index (χ3n) is 6.22. The number of aromatic nitrogens is 2. The molecule has 0 aliphatic rings. The minimum Gasteiger partial charge on any atom is -0.334 e. The summed E-state index contributed by atoms with van der Waals surface area (Å²) in [5, 5.41) is 1.23. The normalized spacial score (nSPS) is 11.2. The maximum absolute atomic E-state index is 13.9. The molecule has 8 heteroatoms. The Labute approximate surface area is 216 Å². The van der Waals surface area contributed by atoms with Crippen LogP contribution in [0.2, 0.25) is 0 Å². The Bertz CT molecular complexity index is 1660. The first-order valence-corrected chi connectivity index (χ1v) is 12.6. The Hall–Kier alpha value is -4.04. The molecular formula is C29H23F2N3O2S. The Morgan fingerprint density at radius 2 is 1.73 bits per heavy atom. The molecule has 0 saturated heterocycles. The number of nitrogens with one attached hydrogen (secondary N) is 1. The van der Waals surface area contributed by atoms with Gasteiger partial charge in [-0.15, -0.1) is 0 Å². The van der Waals surface area contributed by atoms with Crippen LogP contribution >= 0.6 is 11.9 Å². The van der Waals surface area contributed by atoms with Crippen LogP contribution < -0.4 is 4.72 Å². The zero-order valence-electron chi connectivity index (χ0n) is 20.2. The molecule has 0 unspecified atom stereocenters. The number of rotatable bonds is 5. The van der Waals surface area contributed by atoms with Gasteiger partial charge >= 0.3 is 0 Å². The molecule has 2 aromatic heterocycles. The number of amides is 1. The highest BCUT2D eigenvalue weighted by Crippen LogP contribution is 2.33. The Kier molecular flexibility index (Phi) is 6.76. The number of benzene rings is 3. The van der Waals surface area contributed by atoms with Crippen LogP contribution in [0.25, 0.3) is 21.8 Å². The van der Waals surface area contributed by atoms with E-state index in [2.05, 4.69) is 20.3 Å². The molecule has 37 heavy (non-hydrogen) atoms. The van der Waals surface area contributed by atoms with E-state index in [1.807, 2.05) is 26.0 Å². The van der Waals surface area contributed by atoms with Gasteiger partial charge in [-0.1, -0.05) is 42.8 Å². The topological polar surface area (TPSA) is 64.0 Å². The van der Waals surface area contributed by atoms with Gasteiger partial charge in [0.15, 0.2) is 0 Å². The van der Waals surface area contributed by atoms with Crippen molar-refractivity contribution < 1.29 is 18.4 Å². The van der Waals surface area contributed by atoms with E-state index in [4.69, 9.17) is 0 Å². The van der Waals surface area contributed by atoms with Crippen molar-refractivity contribution in [2.24, 2.45) is 0 Å². The van der Waals surface area contributed by atoms with Crippen LogP contribution in [0.15, 0.2) is 72.8 Å². The minimum absolute atomic E-state index is 0.107. The van der Waals surface area contributed by atoms with Crippen molar-refractivity contribution in [2.45, 2.75) is 26.8 Å². The van der Waals surface area contributed by atoms with E-state index in [0.29, 0.717) is 24.9 Å². The van der Waals surface area contributed by atoms with Gasteiger partial charge in [-0.25, -0.2) is 13.8 Å². The molecule has 1 amide bonds. The summed E-state index contributed by atoms with van der Waals surface area (Å²) in [5.74, 6) is -1.48. The highest BCUT2D eigenvalue weighted by Gasteiger charge is 2.20. The number of pyridine rings is 1. The number of hydrogen-bond donors (Lipinski definition) is 1. The summed E-state index contributed by atoms with van der Waals surface area (Å²) in [6.45, 7) is 4.48. The molecule has 186 valence electrons. The van der Waals surface area contributed by atoms with E-state index < -0.39 is 16.8 Å². The van der Waals surface area contributed by atoms with Crippen molar-refractivity contribution >= 4 is 44.8 Å². The zero-order valence-corrected chi connectivity index (χ0v) is 21.0. The Morgan fingerprint density at radius 1 is 0.973 bits per heavy atom. The molecule has 0 spiro atoms. The van der Waals surface area contributed by atoms with Crippen LogP contribution in [-0.4, -0.2) is 20.6 Å². The fraction of sp³-hybridized carbons (Fsp3) is 0.138. The van der Waals surface area contributed by atoms with Crippen molar-refractivity contribution in [1.82, 2.24) is 14.3 Å². The van der Waals surface area contributed by atoms with Crippen molar-refractivity contribution in [1.29, 1.82) is 0 Å². The van der Waals surface area contributed by atoms with Gasteiger partial charge in [0.2, 0.25) is 5.12 Å². The number of nitrogens with zero attached hydrogens (tertiary/aromatic N) is 2. The second-order valence-corrected chi connectivity index (χ2v) is 9.52. The lowest BCUT2D eigenvalue weighted by atomic mass is 10.1. The lowest BCUT2D eigenvalue weighted by Crippen LogP contribution is -2.20. The van der Waals surface area contributed by atoms with Crippen LogP contribution in [0.4, 0.5) is 8.78 Å². The van der Waals surface area contributed by atoms with Crippen molar-refractivity contribution in [2.75, 3.05) is 0 Å². The van der Waals surface area contributed by atoms with Crippen LogP contribution in [0.1, 0.15) is 44.6 Å². The van der Waals surface area contributed by atoms with E-state index in [1.54, 1.807) is 24.3 Å². The first-order valence-electron chi connectivity index (χ1n) is 11.8. The summed E-state index contributed by atoms with van der Waals surface area (Å²) in [5.41, 5.74) is 4.67. The van der Waals surface area contributed by atoms with Crippen molar-refractivity contribution in [3.05, 3.63) is 113 Å². The summed E-state index contributed by atoms with van der Waals surface area (Å²) in [6.07, 6.45) is 0.567. The summed E-state index contributed by atoms with van der Waals surface area (Å²) in [6, 6.07) is 19.9. The number of halogens is 2. The molecule has 0 fully saturated rings. The van der Waals surface area contributed by atoms with Gasteiger partial charge in [-0.05, 0) is 61.4 Å². The maximum Gasteiger partial charge on any atom is 0.280 e. The number of fused-ring (bicyclic) bond motifs is 3. The molecule has 0 bridgehead atoms. The first-order chi connectivity index (χ1) is 17.9. The number of carbonyl (C=O) groups excluding carboxylic acids is 2. The third kappa shape index (κ3) is 4.84. The van der Waals surface area contributed by atoms with Gasteiger partial charge in [0.05, 0.1) is 16.8 Å². The highest BCUT2D eigenvalue weighted by molar-refractivity contribution is 8.12. The van der Waals surface area contributed by atoms with Gasteiger partial charge in [0.1, 0.15) is 17.3 Å². The molecule has 0 aliphatic heterocycles. The van der Waals surface area contributed by atoms with Crippen molar-refractivity contribution in [3.63, 3.8) is 0 Å². The Balaban J connectivity index is 1.55. The molecule has 5 rings (SSSR count). The van der Waals surface area contributed by atoms with E-state index in [0.717, 1.165) is 38.6 Å². The second-order valence-electron chi connectivity index (χ2n) is 8.74. The molecule has 0 atom stereocenters. The molecule has 0 radical (unpaired) electrons.